The zero-order valence-corrected chi connectivity index (χ0v) is 13.3. The molecule has 5 heteroatoms. The summed E-state index contributed by atoms with van der Waals surface area (Å²) in [5.41, 5.74) is 3.23. The van der Waals surface area contributed by atoms with Gasteiger partial charge in [0.15, 0.2) is 0 Å². The van der Waals surface area contributed by atoms with Gasteiger partial charge in [-0.3, -0.25) is 0 Å². The number of benzene rings is 2. The van der Waals surface area contributed by atoms with E-state index in [4.69, 9.17) is 0 Å². The van der Waals surface area contributed by atoms with Gasteiger partial charge < -0.3 is 0 Å². The van der Waals surface area contributed by atoms with Crippen molar-refractivity contribution in [1.29, 1.82) is 0 Å². The molecular weight excluding hydrogens is 284 g/mol. The van der Waals surface area contributed by atoms with Crippen molar-refractivity contribution in [2.75, 3.05) is 21.1 Å². The molecule has 21 heavy (non-hydrogen) atoms. The number of hydrogen-bond donors (Lipinski definition) is 0. The van der Waals surface area contributed by atoms with Crippen molar-refractivity contribution in [3.63, 3.8) is 0 Å². The van der Waals surface area contributed by atoms with Crippen molar-refractivity contribution in [3.05, 3.63) is 60.2 Å². The van der Waals surface area contributed by atoms with Crippen LogP contribution in [0.4, 0.5) is 0 Å². The minimum Gasteiger partial charge on any atom is -0.195 e. The largest absolute Gasteiger partial charge is 0.281 e. The molecule has 2 aromatic carbocycles. The molecule has 0 aliphatic carbocycles. The summed E-state index contributed by atoms with van der Waals surface area (Å²) in [6.45, 7) is 0.357. The Hall–Kier alpha value is -1.69. The second-order valence-electron chi connectivity index (χ2n) is 5.11. The fourth-order valence-corrected chi connectivity index (χ4v) is 2.92. The lowest BCUT2D eigenvalue weighted by Gasteiger charge is -2.21. The van der Waals surface area contributed by atoms with Crippen LogP contribution in [0, 0.1) is 0 Å². The summed E-state index contributed by atoms with van der Waals surface area (Å²) in [4.78, 5) is 0. The summed E-state index contributed by atoms with van der Waals surface area (Å²) in [5.74, 6) is 0. The average Bonchev–Trinajstić information content (AvgIpc) is 2.48. The molecule has 0 atom stereocenters. The molecule has 112 valence electrons. The minimum atomic E-state index is -3.37. The van der Waals surface area contributed by atoms with Crippen LogP contribution in [-0.4, -0.2) is 38.2 Å². The van der Waals surface area contributed by atoms with Crippen molar-refractivity contribution in [2.45, 2.75) is 6.54 Å². The van der Waals surface area contributed by atoms with Crippen LogP contribution in [0.1, 0.15) is 5.56 Å². The third-order valence-electron chi connectivity index (χ3n) is 3.32. The first kappa shape index (κ1) is 15.7. The molecule has 0 unspecified atom stereocenters. The Bertz CT molecular complexity index is 680. The van der Waals surface area contributed by atoms with Crippen molar-refractivity contribution in [3.8, 4) is 11.1 Å². The number of rotatable bonds is 5. The molecule has 0 N–H and O–H groups in total. The fourth-order valence-electron chi connectivity index (χ4n) is 2.05. The van der Waals surface area contributed by atoms with Gasteiger partial charge in [-0.15, -0.1) is 0 Å². The Morgan fingerprint density at radius 3 is 1.86 bits per heavy atom. The van der Waals surface area contributed by atoms with E-state index in [1.807, 2.05) is 42.5 Å². The van der Waals surface area contributed by atoms with Gasteiger partial charge in [0.05, 0.1) is 0 Å². The molecule has 0 saturated carbocycles. The summed E-state index contributed by atoms with van der Waals surface area (Å²) in [6.07, 6.45) is 0. The van der Waals surface area contributed by atoms with Crippen molar-refractivity contribution in [2.24, 2.45) is 0 Å². The monoisotopic (exact) mass is 304 g/mol. The van der Waals surface area contributed by atoms with E-state index >= 15 is 0 Å². The molecule has 0 bridgehead atoms. The maximum Gasteiger partial charge on any atom is 0.281 e. The lowest BCUT2D eigenvalue weighted by Crippen LogP contribution is -2.36. The molecule has 2 rings (SSSR count). The highest BCUT2D eigenvalue weighted by molar-refractivity contribution is 7.86. The molecule has 0 aromatic heterocycles. The first-order valence-corrected chi connectivity index (χ1v) is 8.09. The molecule has 0 aliphatic heterocycles. The Morgan fingerprint density at radius 1 is 0.810 bits per heavy atom. The minimum absolute atomic E-state index is 0.357. The van der Waals surface area contributed by atoms with Crippen LogP contribution in [-0.2, 0) is 16.8 Å². The predicted molar refractivity (Wildman–Crippen MR) is 86.0 cm³/mol. The van der Waals surface area contributed by atoms with Crippen molar-refractivity contribution < 1.29 is 8.42 Å². The van der Waals surface area contributed by atoms with Crippen LogP contribution in [0.25, 0.3) is 11.1 Å². The molecule has 0 spiro atoms. The van der Waals surface area contributed by atoms with Gasteiger partial charge in [-0.25, -0.2) is 0 Å². The predicted octanol–water partition coefficient (Wildman–Crippen LogP) is 2.59. The van der Waals surface area contributed by atoms with Crippen molar-refractivity contribution in [1.82, 2.24) is 8.61 Å². The molecule has 0 saturated heterocycles. The second kappa shape index (κ2) is 6.39. The standard InChI is InChI=1S/C16H20N2O2S/c1-17(2)21(19,20)18(3)13-14-9-11-16(12-10-14)15-7-5-4-6-8-15/h4-12H,13H2,1-3H3. The van der Waals surface area contributed by atoms with E-state index in [1.54, 1.807) is 7.05 Å². The molecule has 4 nitrogen and oxygen atoms in total. The van der Waals surface area contributed by atoms with Crippen LogP contribution >= 0.6 is 0 Å². The van der Waals surface area contributed by atoms with E-state index in [0.29, 0.717) is 6.54 Å². The van der Waals surface area contributed by atoms with E-state index in [-0.39, 0.29) is 0 Å². The number of hydrogen-bond acceptors (Lipinski definition) is 2. The molecule has 0 heterocycles. The third kappa shape index (κ3) is 3.69. The van der Waals surface area contributed by atoms with Crippen LogP contribution in [0.15, 0.2) is 54.6 Å². The fraction of sp³-hybridized carbons (Fsp3) is 0.250. The summed E-state index contributed by atoms with van der Waals surface area (Å²) >= 11 is 0. The average molecular weight is 304 g/mol. The van der Waals surface area contributed by atoms with E-state index in [1.165, 1.54) is 22.7 Å². The van der Waals surface area contributed by atoms with Gasteiger partial charge in [-0.2, -0.15) is 17.0 Å². The molecule has 0 radical (unpaired) electrons. The smallest absolute Gasteiger partial charge is 0.195 e. The highest BCUT2D eigenvalue weighted by atomic mass is 32.2. The third-order valence-corrected chi connectivity index (χ3v) is 5.16. The Kier molecular flexibility index (Phi) is 4.77. The van der Waals surface area contributed by atoms with E-state index < -0.39 is 10.2 Å². The lowest BCUT2D eigenvalue weighted by atomic mass is 10.0. The maximum absolute atomic E-state index is 12.0. The Morgan fingerprint density at radius 2 is 1.33 bits per heavy atom. The molecular formula is C16H20N2O2S. The molecule has 0 aliphatic rings. The first-order chi connectivity index (χ1) is 9.91. The summed E-state index contributed by atoms with van der Waals surface area (Å²) in [7, 11) is 1.28. The lowest BCUT2D eigenvalue weighted by molar-refractivity contribution is 0.414. The molecule has 2 aromatic rings. The van der Waals surface area contributed by atoms with Crippen LogP contribution in [0.2, 0.25) is 0 Å². The zero-order chi connectivity index (χ0) is 15.5. The molecule has 0 fully saturated rings. The van der Waals surface area contributed by atoms with Gasteiger partial charge >= 0.3 is 0 Å². The topological polar surface area (TPSA) is 40.6 Å². The summed E-state index contributed by atoms with van der Waals surface area (Å²) < 4.78 is 26.5. The zero-order valence-electron chi connectivity index (χ0n) is 12.5. The Balaban J connectivity index is 2.14. The number of nitrogens with zero attached hydrogens (tertiary/aromatic N) is 2. The van der Waals surface area contributed by atoms with Gasteiger partial charge in [-0.1, -0.05) is 54.6 Å². The molecule has 0 amide bonds. The van der Waals surface area contributed by atoms with Crippen LogP contribution in [0.5, 0.6) is 0 Å². The van der Waals surface area contributed by atoms with Gasteiger partial charge in [0.25, 0.3) is 10.2 Å². The second-order valence-corrected chi connectivity index (χ2v) is 7.36. The van der Waals surface area contributed by atoms with Crippen LogP contribution < -0.4 is 0 Å². The highest BCUT2D eigenvalue weighted by Gasteiger charge is 2.20. The van der Waals surface area contributed by atoms with Gasteiger partial charge in [-0.05, 0) is 16.7 Å². The quantitative estimate of drug-likeness (QED) is 0.852. The van der Waals surface area contributed by atoms with E-state index in [9.17, 15) is 8.42 Å². The SMILES string of the molecule is CN(C)S(=O)(=O)N(C)Cc1ccc(-c2ccccc2)cc1. The summed E-state index contributed by atoms with van der Waals surface area (Å²) in [6, 6.07) is 18.0. The van der Waals surface area contributed by atoms with E-state index in [2.05, 4.69) is 12.1 Å². The van der Waals surface area contributed by atoms with E-state index in [0.717, 1.165) is 16.7 Å². The maximum atomic E-state index is 12.0. The van der Waals surface area contributed by atoms with Crippen molar-refractivity contribution >= 4 is 10.2 Å². The highest BCUT2D eigenvalue weighted by Crippen LogP contribution is 2.20. The van der Waals surface area contributed by atoms with Crippen LogP contribution in [0.3, 0.4) is 0 Å². The normalized spacial score (nSPS) is 12.0. The first-order valence-electron chi connectivity index (χ1n) is 6.69. The summed E-state index contributed by atoms with van der Waals surface area (Å²) in [5, 5.41) is 0. The van der Waals surface area contributed by atoms with Gasteiger partial charge in [0, 0.05) is 27.7 Å². The van der Waals surface area contributed by atoms with Gasteiger partial charge in [0.1, 0.15) is 0 Å². The Labute approximate surface area is 126 Å². The van der Waals surface area contributed by atoms with Gasteiger partial charge in [0.2, 0.25) is 0 Å².